The maximum Gasteiger partial charge on any atom is 0.317 e. The molecule has 1 saturated heterocycles. The molecule has 1 unspecified atom stereocenters. The van der Waals surface area contributed by atoms with Gasteiger partial charge in [-0.25, -0.2) is 9.48 Å². The summed E-state index contributed by atoms with van der Waals surface area (Å²) >= 11 is 0. The molecule has 8 heteroatoms. The largest absolute Gasteiger partial charge is 0.387 e. The molecular weight excluding hydrogens is 370 g/mol. The Hall–Kier alpha value is -2.87. The molecule has 1 atom stereocenters. The van der Waals surface area contributed by atoms with Crippen molar-refractivity contribution < 1.29 is 14.7 Å². The number of para-hydroxylation sites is 1. The van der Waals surface area contributed by atoms with E-state index in [2.05, 4.69) is 10.4 Å². The topological polar surface area (TPSA) is 90.7 Å². The highest BCUT2D eigenvalue weighted by Gasteiger charge is 2.37. The lowest BCUT2D eigenvalue weighted by Crippen LogP contribution is -2.54. The molecule has 0 spiro atoms. The SMILES string of the molecule is Cc1nn(-c2ccccc2)cc1CNC(=O)N1CCCC(O)(CC(=O)N(C)C)C1. The van der Waals surface area contributed by atoms with Crippen LogP contribution in [-0.4, -0.2) is 69.4 Å². The maximum absolute atomic E-state index is 12.6. The molecule has 3 amide bonds. The lowest BCUT2D eigenvalue weighted by atomic mass is 9.89. The Morgan fingerprint density at radius 2 is 2.00 bits per heavy atom. The summed E-state index contributed by atoms with van der Waals surface area (Å²) in [5.41, 5.74) is 1.56. The Kier molecular flexibility index (Phi) is 6.22. The van der Waals surface area contributed by atoms with Crippen LogP contribution in [0.5, 0.6) is 0 Å². The third-order valence-electron chi connectivity index (χ3n) is 5.27. The first-order valence-corrected chi connectivity index (χ1v) is 9.83. The highest BCUT2D eigenvalue weighted by atomic mass is 16.3. The van der Waals surface area contributed by atoms with E-state index in [-0.39, 0.29) is 24.9 Å². The van der Waals surface area contributed by atoms with Crippen molar-refractivity contribution in [3.05, 3.63) is 47.8 Å². The molecule has 2 heterocycles. The van der Waals surface area contributed by atoms with Gasteiger partial charge < -0.3 is 20.2 Å². The number of benzene rings is 1. The van der Waals surface area contributed by atoms with Gasteiger partial charge in [-0.3, -0.25) is 4.79 Å². The average molecular weight is 399 g/mol. The second-order valence-corrected chi connectivity index (χ2v) is 7.89. The van der Waals surface area contributed by atoms with E-state index in [1.165, 1.54) is 4.90 Å². The Morgan fingerprint density at radius 3 is 2.69 bits per heavy atom. The average Bonchev–Trinajstić information content (AvgIpc) is 3.07. The van der Waals surface area contributed by atoms with E-state index in [1.807, 2.05) is 43.5 Å². The predicted octanol–water partition coefficient (Wildman–Crippen LogP) is 1.70. The van der Waals surface area contributed by atoms with Gasteiger partial charge in [0.2, 0.25) is 5.91 Å². The second-order valence-electron chi connectivity index (χ2n) is 7.89. The first kappa shape index (κ1) is 20.9. The van der Waals surface area contributed by atoms with Gasteiger partial charge in [0.05, 0.1) is 29.9 Å². The van der Waals surface area contributed by atoms with Crippen LogP contribution in [0.1, 0.15) is 30.5 Å². The number of nitrogens with zero attached hydrogens (tertiary/aromatic N) is 4. The fourth-order valence-corrected chi connectivity index (χ4v) is 3.53. The fraction of sp³-hybridized carbons (Fsp3) is 0.476. The smallest absolute Gasteiger partial charge is 0.317 e. The normalized spacial score (nSPS) is 19.1. The number of aryl methyl sites for hydroxylation is 1. The van der Waals surface area contributed by atoms with Gasteiger partial charge in [0.15, 0.2) is 0 Å². The number of piperidine rings is 1. The first-order chi connectivity index (χ1) is 13.8. The first-order valence-electron chi connectivity index (χ1n) is 9.83. The molecule has 156 valence electrons. The molecule has 2 aromatic rings. The van der Waals surface area contributed by atoms with Crippen LogP contribution in [0.25, 0.3) is 5.69 Å². The zero-order valence-corrected chi connectivity index (χ0v) is 17.3. The van der Waals surface area contributed by atoms with Gasteiger partial charge in [0.1, 0.15) is 0 Å². The molecule has 1 fully saturated rings. The fourth-order valence-electron chi connectivity index (χ4n) is 3.53. The highest BCUT2D eigenvalue weighted by Crippen LogP contribution is 2.25. The van der Waals surface area contributed by atoms with Crippen molar-refractivity contribution in [1.82, 2.24) is 24.9 Å². The monoisotopic (exact) mass is 399 g/mol. The van der Waals surface area contributed by atoms with Crippen LogP contribution in [0.3, 0.4) is 0 Å². The molecule has 1 aromatic heterocycles. The van der Waals surface area contributed by atoms with Crippen LogP contribution in [0.2, 0.25) is 0 Å². The van der Waals surface area contributed by atoms with Crippen LogP contribution >= 0.6 is 0 Å². The van der Waals surface area contributed by atoms with Gasteiger partial charge in [0.25, 0.3) is 0 Å². The number of urea groups is 1. The number of aliphatic hydroxyl groups is 1. The maximum atomic E-state index is 12.6. The van der Waals surface area contributed by atoms with Crippen molar-refractivity contribution in [3.8, 4) is 5.69 Å². The minimum atomic E-state index is -1.18. The number of β-amino-alcohol motifs (C(OH)–C–C–N with tert-alkyl or cyclic N) is 1. The van der Waals surface area contributed by atoms with Gasteiger partial charge >= 0.3 is 6.03 Å². The standard InChI is InChI=1S/C21H29N5O3/c1-16-17(14-26(23-16)18-8-5-4-6-9-18)13-22-20(28)25-11-7-10-21(29,15-25)12-19(27)24(2)3/h4-6,8-9,14,29H,7,10-13,15H2,1-3H3,(H,22,28). The molecule has 0 bridgehead atoms. The number of amides is 3. The van der Waals surface area contributed by atoms with Crippen molar-refractivity contribution in [2.75, 3.05) is 27.2 Å². The quantitative estimate of drug-likeness (QED) is 0.801. The van der Waals surface area contributed by atoms with E-state index < -0.39 is 5.60 Å². The highest BCUT2D eigenvalue weighted by molar-refractivity contribution is 5.77. The van der Waals surface area contributed by atoms with Crippen molar-refractivity contribution in [2.45, 2.75) is 38.3 Å². The lowest BCUT2D eigenvalue weighted by Gasteiger charge is -2.39. The van der Waals surface area contributed by atoms with Crippen LogP contribution in [-0.2, 0) is 11.3 Å². The van der Waals surface area contributed by atoms with E-state index in [0.717, 1.165) is 16.9 Å². The summed E-state index contributed by atoms with van der Waals surface area (Å²) < 4.78 is 1.79. The number of carbonyl (C=O) groups excluding carboxylic acids is 2. The summed E-state index contributed by atoms with van der Waals surface area (Å²) in [7, 11) is 3.33. The molecule has 1 aliphatic rings. The van der Waals surface area contributed by atoms with Crippen molar-refractivity contribution in [3.63, 3.8) is 0 Å². The summed E-state index contributed by atoms with van der Waals surface area (Å²) in [5, 5.41) is 18.2. The molecule has 8 nitrogen and oxygen atoms in total. The van der Waals surface area contributed by atoms with Gasteiger partial charge in [-0.15, -0.1) is 0 Å². The van der Waals surface area contributed by atoms with Gasteiger partial charge in [-0.1, -0.05) is 18.2 Å². The molecular formula is C21H29N5O3. The van der Waals surface area contributed by atoms with Crippen LogP contribution in [0.15, 0.2) is 36.5 Å². The molecule has 0 saturated carbocycles. The zero-order valence-electron chi connectivity index (χ0n) is 17.3. The van der Waals surface area contributed by atoms with E-state index in [1.54, 1.807) is 23.7 Å². The minimum Gasteiger partial charge on any atom is -0.387 e. The van der Waals surface area contributed by atoms with E-state index in [4.69, 9.17) is 0 Å². The van der Waals surface area contributed by atoms with Crippen LogP contribution in [0.4, 0.5) is 4.79 Å². The third kappa shape index (κ3) is 5.14. The molecule has 29 heavy (non-hydrogen) atoms. The number of hydrogen-bond donors (Lipinski definition) is 2. The number of aromatic nitrogens is 2. The number of likely N-dealkylation sites (tertiary alicyclic amines) is 1. The lowest BCUT2D eigenvalue weighted by molar-refractivity contribution is -0.135. The molecule has 0 radical (unpaired) electrons. The van der Waals surface area contributed by atoms with Gasteiger partial charge in [-0.05, 0) is 31.9 Å². The van der Waals surface area contributed by atoms with Gasteiger partial charge in [-0.2, -0.15) is 5.10 Å². The number of rotatable bonds is 5. The Morgan fingerprint density at radius 1 is 1.28 bits per heavy atom. The Balaban J connectivity index is 1.59. The predicted molar refractivity (Wildman–Crippen MR) is 110 cm³/mol. The van der Waals surface area contributed by atoms with Crippen molar-refractivity contribution in [1.29, 1.82) is 0 Å². The molecule has 2 N–H and O–H groups in total. The Bertz CT molecular complexity index is 864. The van der Waals surface area contributed by atoms with Crippen molar-refractivity contribution >= 4 is 11.9 Å². The number of nitrogens with one attached hydrogen (secondary N) is 1. The summed E-state index contributed by atoms with van der Waals surface area (Å²) in [6, 6.07) is 9.55. The third-order valence-corrected chi connectivity index (χ3v) is 5.27. The minimum absolute atomic E-state index is 0.0206. The Labute approximate surface area is 171 Å². The van der Waals surface area contributed by atoms with E-state index in [0.29, 0.717) is 25.9 Å². The van der Waals surface area contributed by atoms with Crippen LogP contribution in [0, 0.1) is 6.92 Å². The summed E-state index contributed by atoms with van der Waals surface area (Å²) in [6.45, 7) is 2.98. The number of carbonyl (C=O) groups is 2. The van der Waals surface area contributed by atoms with Gasteiger partial charge in [0, 0.05) is 38.9 Å². The number of hydrogen-bond acceptors (Lipinski definition) is 4. The molecule has 0 aliphatic carbocycles. The zero-order chi connectivity index (χ0) is 21.0. The molecule has 3 rings (SSSR count). The summed E-state index contributed by atoms with van der Waals surface area (Å²) in [6.07, 6.45) is 3.11. The summed E-state index contributed by atoms with van der Waals surface area (Å²) in [5.74, 6) is -0.140. The van der Waals surface area contributed by atoms with E-state index >= 15 is 0 Å². The van der Waals surface area contributed by atoms with Crippen LogP contribution < -0.4 is 5.32 Å². The second kappa shape index (κ2) is 8.65. The van der Waals surface area contributed by atoms with Crippen molar-refractivity contribution in [2.24, 2.45) is 0 Å². The van der Waals surface area contributed by atoms with E-state index in [9.17, 15) is 14.7 Å². The summed E-state index contributed by atoms with van der Waals surface area (Å²) in [4.78, 5) is 27.7. The molecule has 1 aromatic carbocycles. The molecule has 1 aliphatic heterocycles.